The van der Waals surface area contributed by atoms with Crippen molar-refractivity contribution in [2.45, 2.75) is 12.6 Å². The van der Waals surface area contributed by atoms with E-state index in [4.69, 9.17) is 11.0 Å². The quantitative estimate of drug-likeness (QED) is 0.787. The molecule has 0 unspecified atom stereocenters. The minimum Gasteiger partial charge on any atom is -0.398 e. The molecule has 0 heterocycles. The van der Waals surface area contributed by atoms with Gasteiger partial charge in [0.25, 0.3) is 0 Å². The molecule has 0 saturated carbocycles. The van der Waals surface area contributed by atoms with Crippen LogP contribution in [0.4, 0.5) is 18.9 Å². The van der Waals surface area contributed by atoms with Gasteiger partial charge in [-0.2, -0.15) is 18.4 Å². The first-order chi connectivity index (χ1) is 7.45. The molecule has 2 nitrogen and oxygen atoms in total. The Morgan fingerprint density at radius 1 is 1.38 bits per heavy atom. The van der Waals surface area contributed by atoms with Gasteiger partial charge in [0.05, 0.1) is 18.1 Å². The van der Waals surface area contributed by atoms with Gasteiger partial charge >= 0.3 is 6.18 Å². The van der Waals surface area contributed by atoms with Gasteiger partial charge in [0.2, 0.25) is 0 Å². The largest absolute Gasteiger partial charge is 0.416 e. The first kappa shape index (κ1) is 12.1. The molecule has 0 aliphatic heterocycles. The second-order valence-electron chi connectivity index (χ2n) is 3.11. The van der Waals surface area contributed by atoms with Crippen LogP contribution < -0.4 is 5.73 Å². The van der Waals surface area contributed by atoms with E-state index in [0.717, 1.165) is 12.1 Å². The Bertz CT molecular complexity index is 442. The van der Waals surface area contributed by atoms with Crippen molar-refractivity contribution in [3.8, 4) is 6.07 Å². The van der Waals surface area contributed by atoms with E-state index in [9.17, 15) is 13.2 Å². The van der Waals surface area contributed by atoms with Crippen LogP contribution in [0.1, 0.15) is 17.5 Å². The van der Waals surface area contributed by atoms with Crippen molar-refractivity contribution in [2.75, 3.05) is 5.73 Å². The molecule has 0 radical (unpaired) electrons. The van der Waals surface area contributed by atoms with Gasteiger partial charge in [-0.1, -0.05) is 12.2 Å². The Morgan fingerprint density at radius 2 is 2.06 bits per heavy atom. The molecule has 16 heavy (non-hydrogen) atoms. The number of nitrogens with two attached hydrogens (primary N) is 1. The number of nitrogens with zero attached hydrogens (tertiary/aromatic N) is 1. The van der Waals surface area contributed by atoms with Gasteiger partial charge in [0.15, 0.2) is 0 Å². The molecular weight excluding hydrogens is 217 g/mol. The van der Waals surface area contributed by atoms with Crippen LogP contribution in [0.2, 0.25) is 0 Å². The second-order valence-corrected chi connectivity index (χ2v) is 3.11. The van der Waals surface area contributed by atoms with Gasteiger partial charge in [-0.05, 0) is 23.8 Å². The van der Waals surface area contributed by atoms with Crippen molar-refractivity contribution >= 4 is 11.8 Å². The third-order valence-corrected chi connectivity index (χ3v) is 1.92. The van der Waals surface area contributed by atoms with Gasteiger partial charge in [-0.3, -0.25) is 0 Å². The van der Waals surface area contributed by atoms with E-state index in [-0.39, 0.29) is 17.7 Å². The average Bonchev–Trinajstić information content (AvgIpc) is 2.19. The first-order valence-corrected chi connectivity index (χ1v) is 4.45. The van der Waals surface area contributed by atoms with E-state index in [1.165, 1.54) is 18.2 Å². The molecule has 0 saturated heterocycles. The maximum Gasteiger partial charge on any atom is 0.416 e. The number of hydrogen-bond acceptors (Lipinski definition) is 2. The molecule has 0 bridgehead atoms. The van der Waals surface area contributed by atoms with Crippen LogP contribution in [0.15, 0.2) is 24.3 Å². The van der Waals surface area contributed by atoms with Gasteiger partial charge in [-0.25, -0.2) is 0 Å². The Morgan fingerprint density at radius 3 is 2.62 bits per heavy atom. The number of allylic oxidation sites excluding steroid dienone is 1. The topological polar surface area (TPSA) is 49.8 Å². The summed E-state index contributed by atoms with van der Waals surface area (Å²) in [7, 11) is 0. The summed E-state index contributed by atoms with van der Waals surface area (Å²) in [5, 5.41) is 8.28. The molecular formula is C11H9F3N2. The normalized spacial score (nSPS) is 11.6. The number of nitriles is 1. The summed E-state index contributed by atoms with van der Waals surface area (Å²) >= 11 is 0. The van der Waals surface area contributed by atoms with Gasteiger partial charge in [0.1, 0.15) is 0 Å². The smallest absolute Gasteiger partial charge is 0.398 e. The van der Waals surface area contributed by atoms with Crippen molar-refractivity contribution in [3.63, 3.8) is 0 Å². The summed E-state index contributed by atoms with van der Waals surface area (Å²) in [5.74, 6) is 0. The molecule has 0 fully saturated rings. The van der Waals surface area contributed by atoms with Crippen LogP contribution >= 0.6 is 0 Å². The number of alkyl halides is 3. The average molecular weight is 226 g/mol. The van der Waals surface area contributed by atoms with Gasteiger partial charge in [0, 0.05) is 5.69 Å². The van der Waals surface area contributed by atoms with Crippen molar-refractivity contribution in [1.82, 2.24) is 0 Å². The van der Waals surface area contributed by atoms with Gasteiger partial charge < -0.3 is 5.73 Å². The zero-order valence-corrected chi connectivity index (χ0v) is 8.25. The lowest BCUT2D eigenvalue weighted by Gasteiger charge is -2.08. The van der Waals surface area contributed by atoms with Crippen LogP contribution in [0.5, 0.6) is 0 Å². The minimum absolute atomic E-state index is 0.135. The summed E-state index contributed by atoms with van der Waals surface area (Å²) < 4.78 is 37.1. The predicted molar refractivity (Wildman–Crippen MR) is 55.1 cm³/mol. The molecule has 84 valence electrons. The van der Waals surface area contributed by atoms with Crippen LogP contribution in [0.25, 0.3) is 6.08 Å². The fourth-order valence-corrected chi connectivity index (χ4v) is 1.13. The summed E-state index contributed by atoms with van der Waals surface area (Å²) in [4.78, 5) is 0. The monoisotopic (exact) mass is 226 g/mol. The number of nitrogen functional groups attached to an aromatic ring is 1. The molecule has 1 aromatic rings. The van der Waals surface area contributed by atoms with Crippen molar-refractivity contribution in [3.05, 3.63) is 35.4 Å². The molecule has 2 N–H and O–H groups in total. The Hall–Kier alpha value is -1.96. The molecule has 0 aliphatic carbocycles. The van der Waals surface area contributed by atoms with Crippen LogP contribution in [-0.2, 0) is 6.18 Å². The Balaban J connectivity index is 3.05. The number of hydrogen-bond donors (Lipinski definition) is 1. The highest BCUT2D eigenvalue weighted by atomic mass is 19.4. The second kappa shape index (κ2) is 4.71. The lowest BCUT2D eigenvalue weighted by molar-refractivity contribution is -0.137. The molecule has 0 atom stereocenters. The zero-order chi connectivity index (χ0) is 12.2. The zero-order valence-electron chi connectivity index (χ0n) is 8.25. The van der Waals surface area contributed by atoms with Crippen LogP contribution in [-0.4, -0.2) is 0 Å². The van der Waals surface area contributed by atoms with Crippen molar-refractivity contribution in [2.24, 2.45) is 0 Å². The minimum atomic E-state index is -4.38. The molecule has 0 aliphatic rings. The summed E-state index contributed by atoms with van der Waals surface area (Å²) in [5.41, 5.74) is 5.28. The number of rotatable bonds is 2. The van der Waals surface area contributed by atoms with E-state index >= 15 is 0 Å². The first-order valence-electron chi connectivity index (χ1n) is 4.45. The molecule has 1 rings (SSSR count). The van der Waals surface area contributed by atoms with E-state index < -0.39 is 11.7 Å². The fourth-order valence-electron chi connectivity index (χ4n) is 1.13. The Kier molecular flexibility index (Phi) is 3.56. The summed E-state index contributed by atoms with van der Waals surface area (Å²) in [6.45, 7) is 0. The highest BCUT2D eigenvalue weighted by Gasteiger charge is 2.30. The standard InChI is InChI=1S/C11H9F3N2/c12-11(13,14)9-4-5-10(16)8(7-9)3-1-2-6-15/h1,3-5,7H,2,16H2. The molecule has 0 spiro atoms. The third-order valence-electron chi connectivity index (χ3n) is 1.92. The number of halogens is 3. The van der Waals surface area contributed by atoms with Crippen molar-refractivity contribution < 1.29 is 13.2 Å². The maximum absolute atomic E-state index is 12.4. The van der Waals surface area contributed by atoms with Crippen LogP contribution in [0, 0.1) is 11.3 Å². The lowest BCUT2D eigenvalue weighted by Crippen LogP contribution is -2.05. The maximum atomic E-state index is 12.4. The number of anilines is 1. The third kappa shape index (κ3) is 3.02. The predicted octanol–water partition coefficient (Wildman–Crippen LogP) is 3.21. The van der Waals surface area contributed by atoms with E-state index in [1.807, 2.05) is 6.07 Å². The highest BCUT2D eigenvalue weighted by Crippen LogP contribution is 2.31. The lowest BCUT2D eigenvalue weighted by atomic mass is 10.1. The highest BCUT2D eigenvalue weighted by molar-refractivity contribution is 5.65. The molecule has 5 heteroatoms. The molecule has 0 amide bonds. The van der Waals surface area contributed by atoms with Crippen LogP contribution in [0.3, 0.4) is 0 Å². The summed E-state index contributed by atoms with van der Waals surface area (Å²) in [6, 6.07) is 4.94. The van der Waals surface area contributed by atoms with Crippen molar-refractivity contribution in [1.29, 1.82) is 5.26 Å². The fraction of sp³-hybridized carbons (Fsp3) is 0.182. The van der Waals surface area contributed by atoms with E-state index in [0.29, 0.717) is 0 Å². The SMILES string of the molecule is N#CCC=Cc1cc(C(F)(F)F)ccc1N. The van der Waals surface area contributed by atoms with E-state index in [2.05, 4.69) is 0 Å². The summed E-state index contributed by atoms with van der Waals surface area (Å²) in [6.07, 6.45) is -1.37. The van der Waals surface area contributed by atoms with Gasteiger partial charge in [-0.15, -0.1) is 0 Å². The number of benzene rings is 1. The van der Waals surface area contributed by atoms with E-state index in [1.54, 1.807) is 0 Å². The molecule has 1 aromatic carbocycles. The molecule has 0 aromatic heterocycles. The Labute approximate surface area is 90.8 Å².